The van der Waals surface area contributed by atoms with Gasteiger partial charge in [-0.05, 0) is 55.3 Å². The lowest BCUT2D eigenvalue weighted by Gasteiger charge is -2.31. The van der Waals surface area contributed by atoms with Crippen LogP contribution in [0.3, 0.4) is 0 Å². The Kier molecular flexibility index (Phi) is 2.85. The summed E-state index contributed by atoms with van der Waals surface area (Å²) < 4.78 is 14.4. The summed E-state index contributed by atoms with van der Waals surface area (Å²) in [6.45, 7) is 6.12. The predicted molar refractivity (Wildman–Crippen MR) is 111 cm³/mol. The Balaban J connectivity index is 1.82. The number of pyridine rings is 1. The van der Waals surface area contributed by atoms with Crippen LogP contribution in [0.1, 0.15) is 31.1 Å². The van der Waals surface area contributed by atoms with Gasteiger partial charge in [-0.2, -0.15) is 0 Å². The minimum Gasteiger partial charge on any atom is -0.485 e. The Morgan fingerprint density at radius 1 is 1.07 bits per heavy atom. The highest BCUT2D eigenvalue weighted by Crippen LogP contribution is 2.56. The molecule has 3 aromatic carbocycles. The van der Waals surface area contributed by atoms with Crippen LogP contribution in [0.5, 0.6) is 5.75 Å². The molecule has 4 heteroatoms. The quantitative estimate of drug-likeness (QED) is 0.330. The Morgan fingerprint density at radius 3 is 2.54 bits per heavy atom. The first-order chi connectivity index (χ1) is 13.4. The number of aryl methyl sites for hydroxylation is 2. The molecule has 1 fully saturated rings. The van der Waals surface area contributed by atoms with Gasteiger partial charge in [0, 0.05) is 17.8 Å². The summed E-state index contributed by atoms with van der Waals surface area (Å²) in [6.07, 6.45) is 0.0265. The van der Waals surface area contributed by atoms with Gasteiger partial charge in [0.25, 0.3) is 0 Å². The second kappa shape index (κ2) is 4.95. The first kappa shape index (κ1) is 16.1. The lowest BCUT2D eigenvalue weighted by Crippen LogP contribution is -2.38. The zero-order chi connectivity index (χ0) is 19.4. The van der Waals surface area contributed by atoms with Gasteiger partial charge in [-0.25, -0.2) is 0 Å². The molecule has 2 aliphatic heterocycles. The number of epoxide rings is 1. The van der Waals surface area contributed by atoms with Gasteiger partial charge >= 0.3 is 0 Å². The van der Waals surface area contributed by atoms with Crippen molar-refractivity contribution < 1.29 is 9.47 Å². The third-order valence-corrected chi connectivity index (χ3v) is 6.37. The van der Waals surface area contributed by atoms with Crippen LogP contribution in [0.4, 0.5) is 0 Å². The molecule has 140 valence electrons. The van der Waals surface area contributed by atoms with Gasteiger partial charge in [-0.15, -0.1) is 0 Å². The maximum Gasteiger partial charge on any atom is 0.197 e. The summed E-state index contributed by atoms with van der Waals surface area (Å²) in [7, 11) is 2.04. The lowest BCUT2D eigenvalue weighted by molar-refractivity contribution is 0.0727. The molecule has 2 aliphatic rings. The number of fused-ring (bicyclic) bond motifs is 7. The van der Waals surface area contributed by atoms with E-state index < -0.39 is 0 Å². The van der Waals surface area contributed by atoms with Crippen LogP contribution in [0.2, 0.25) is 0 Å². The van der Waals surface area contributed by atoms with E-state index in [1.807, 2.05) is 38.2 Å². The molecule has 0 aliphatic carbocycles. The molecule has 4 nitrogen and oxygen atoms in total. The van der Waals surface area contributed by atoms with Gasteiger partial charge in [0.1, 0.15) is 23.6 Å². The van der Waals surface area contributed by atoms with Gasteiger partial charge in [-0.1, -0.05) is 24.3 Å². The van der Waals surface area contributed by atoms with E-state index in [2.05, 4.69) is 36.6 Å². The zero-order valence-corrected chi connectivity index (χ0v) is 16.4. The Bertz CT molecular complexity index is 1400. The van der Waals surface area contributed by atoms with E-state index in [0.29, 0.717) is 0 Å². The molecule has 0 N–H and O–H groups in total. The number of ether oxygens (including phenoxy) is 2. The highest BCUT2D eigenvalue weighted by atomic mass is 16.6. The van der Waals surface area contributed by atoms with Crippen molar-refractivity contribution in [3.05, 3.63) is 63.8 Å². The molecule has 4 aromatic rings. The van der Waals surface area contributed by atoms with E-state index in [9.17, 15) is 4.79 Å². The van der Waals surface area contributed by atoms with Crippen LogP contribution in [0, 0.1) is 6.92 Å². The molecular weight excluding hydrogens is 350 g/mol. The number of rotatable bonds is 0. The van der Waals surface area contributed by atoms with Crippen molar-refractivity contribution in [2.45, 2.75) is 38.6 Å². The standard InChI is InChI=1S/C24H21NO3/c1-12-9-17-19(22-23(27-22)24(2,3)28-17)20-18(12)21(26)15-10-13-7-5-6-8-14(13)11-16(15)25(20)4/h5-11,22-23H,1-4H3. The minimum atomic E-state index is -0.357. The van der Waals surface area contributed by atoms with Crippen molar-refractivity contribution in [1.82, 2.24) is 4.57 Å². The smallest absolute Gasteiger partial charge is 0.197 e. The summed E-state index contributed by atoms with van der Waals surface area (Å²) in [4.78, 5) is 13.5. The molecule has 2 unspecified atom stereocenters. The van der Waals surface area contributed by atoms with Crippen molar-refractivity contribution >= 4 is 32.6 Å². The fraction of sp³-hybridized carbons (Fsp3) is 0.292. The average molecular weight is 371 g/mol. The normalized spacial score (nSPS) is 22.1. The number of aromatic nitrogens is 1. The monoisotopic (exact) mass is 371 g/mol. The fourth-order valence-electron chi connectivity index (χ4n) is 4.92. The van der Waals surface area contributed by atoms with Crippen LogP contribution in [-0.2, 0) is 11.8 Å². The number of hydrogen-bond acceptors (Lipinski definition) is 3. The molecule has 0 amide bonds. The van der Waals surface area contributed by atoms with E-state index in [1.54, 1.807) is 0 Å². The van der Waals surface area contributed by atoms with E-state index in [1.165, 1.54) is 0 Å². The van der Waals surface area contributed by atoms with E-state index in [4.69, 9.17) is 9.47 Å². The second-order valence-corrected chi connectivity index (χ2v) is 8.62. The van der Waals surface area contributed by atoms with E-state index in [-0.39, 0.29) is 23.2 Å². The molecule has 0 radical (unpaired) electrons. The molecule has 0 spiro atoms. The first-order valence-corrected chi connectivity index (χ1v) is 9.70. The number of nitrogens with zero attached hydrogens (tertiary/aromatic N) is 1. The number of benzene rings is 3. The topological polar surface area (TPSA) is 43.8 Å². The van der Waals surface area contributed by atoms with Crippen LogP contribution in [0.15, 0.2) is 47.3 Å². The molecular formula is C24H21NO3. The van der Waals surface area contributed by atoms with Gasteiger partial charge in [0.15, 0.2) is 5.43 Å². The Labute approximate surface area is 162 Å². The SMILES string of the molecule is Cc1cc2c(c3c1c(=O)c1cc4ccccc4cc1n3C)C1OC1C(C)(C)O2. The van der Waals surface area contributed by atoms with Crippen LogP contribution < -0.4 is 10.2 Å². The molecule has 3 heterocycles. The first-order valence-electron chi connectivity index (χ1n) is 9.70. The summed E-state index contributed by atoms with van der Waals surface area (Å²) in [5.74, 6) is 0.837. The van der Waals surface area contributed by atoms with Gasteiger partial charge in [0.2, 0.25) is 0 Å². The van der Waals surface area contributed by atoms with Gasteiger partial charge < -0.3 is 14.0 Å². The number of hydrogen-bond donors (Lipinski definition) is 0. The van der Waals surface area contributed by atoms with Crippen LogP contribution in [-0.4, -0.2) is 16.3 Å². The molecule has 0 saturated carbocycles. The van der Waals surface area contributed by atoms with Gasteiger partial charge in [-0.3, -0.25) is 4.79 Å². The van der Waals surface area contributed by atoms with Gasteiger partial charge in [0.05, 0.1) is 16.6 Å². The summed E-state index contributed by atoms with van der Waals surface area (Å²) in [5.41, 5.74) is 3.55. The second-order valence-electron chi connectivity index (χ2n) is 8.62. The van der Waals surface area contributed by atoms with Crippen molar-refractivity contribution in [2.75, 3.05) is 0 Å². The molecule has 0 bridgehead atoms. The van der Waals surface area contributed by atoms with Crippen LogP contribution >= 0.6 is 0 Å². The fourth-order valence-corrected chi connectivity index (χ4v) is 4.92. The maximum atomic E-state index is 13.5. The third kappa shape index (κ3) is 1.91. The Hall–Kier alpha value is -2.85. The average Bonchev–Trinajstić information content (AvgIpc) is 3.46. The molecule has 6 rings (SSSR count). The largest absolute Gasteiger partial charge is 0.485 e. The molecule has 1 aromatic heterocycles. The molecule has 1 saturated heterocycles. The van der Waals surface area contributed by atoms with E-state index >= 15 is 0 Å². The predicted octanol–water partition coefficient (Wildman–Crippen LogP) is 4.76. The Morgan fingerprint density at radius 2 is 1.79 bits per heavy atom. The highest BCUT2D eigenvalue weighted by molar-refractivity contribution is 6.03. The third-order valence-electron chi connectivity index (χ3n) is 6.37. The summed E-state index contributed by atoms with van der Waals surface area (Å²) >= 11 is 0. The lowest BCUT2D eigenvalue weighted by atomic mass is 9.90. The molecule has 28 heavy (non-hydrogen) atoms. The van der Waals surface area contributed by atoms with Crippen molar-refractivity contribution in [1.29, 1.82) is 0 Å². The highest BCUT2D eigenvalue weighted by Gasteiger charge is 2.57. The minimum absolute atomic E-state index is 0.00893. The van der Waals surface area contributed by atoms with Crippen LogP contribution in [0.25, 0.3) is 32.6 Å². The summed E-state index contributed by atoms with van der Waals surface area (Å²) in [6, 6.07) is 14.3. The van der Waals surface area contributed by atoms with E-state index in [0.717, 1.165) is 49.5 Å². The molecule has 2 atom stereocenters. The van der Waals surface area contributed by atoms with Crippen molar-refractivity contribution in [3.8, 4) is 5.75 Å². The van der Waals surface area contributed by atoms with Crippen molar-refractivity contribution in [2.24, 2.45) is 7.05 Å². The summed E-state index contributed by atoms with van der Waals surface area (Å²) in [5, 5.41) is 3.73. The van der Waals surface area contributed by atoms with Crippen molar-refractivity contribution in [3.63, 3.8) is 0 Å². The zero-order valence-electron chi connectivity index (χ0n) is 16.4. The maximum absolute atomic E-state index is 13.5.